The molecule has 190 valence electrons. The molecule has 36 heavy (non-hydrogen) atoms. The second kappa shape index (κ2) is 10.5. The molecule has 5 rings (SSSR count). The van der Waals surface area contributed by atoms with Crippen molar-refractivity contribution in [3.8, 4) is 0 Å². The normalized spacial score (nSPS) is 21.5. The molecule has 0 spiro atoms. The minimum atomic E-state index is -0.258. The maximum Gasteiger partial charge on any atom is 0.255 e. The van der Waals surface area contributed by atoms with Gasteiger partial charge < -0.3 is 19.1 Å². The van der Waals surface area contributed by atoms with Gasteiger partial charge in [-0.1, -0.05) is 36.4 Å². The van der Waals surface area contributed by atoms with E-state index in [2.05, 4.69) is 16.8 Å². The number of amides is 1. The van der Waals surface area contributed by atoms with Crippen molar-refractivity contribution in [1.29, 1.82) is 0 Å². The van der Waals surface area contributed by atoms with Crippen LogP contribution in [0.5, 0.6) is 0 Å². The Morgan fingerprint density at radius 2 is 1.72 bits per heavy atom. The lowest BCUT2D eigenvalue weighted by Gasteiger charge is -2.50. The fraction of sp³-hybridized carbons (Fsp3) is 0.448. The Balaban J connectivity index is 1.52. The third-order valence-electron chi connectivity index (χ3n) is 7.84. The first kappa shape index (κ1) is 24.7. The van der Waals surface area contributed by atoms with Crippen LogP contribution in [0.25, 0.3) is 10.9 Å². The second-order valence-corrected chi connectivity index (χ2v) is 10.3. The van der Waals surface area contributed by atoms with E-state index < -0.39 is 0 Å². The van der Waals surface area contributed by atoms with E-state index in [1.807, 2.05) is 65.6 Å². The average Bonchev–Trinajstić information content (AvgIpc) is 2.92. The highest BCUT2D eigenvalue weighted by molar-refractivity contribution is 5.94. The minimum absolute atomic E-state index is 0.0510. The third kappa shape index (κ3) is 4.96. The molecule has 2 aliphatic heterocycles. The maximum atomic E-state index is 13.9. The molecule has 2 fully saturated rings. The Labute approximate surface area is 212 Å². The number of nitrogens with zero attached hydrogens (tertiary/aromatic N) is 4. The number of benzene rings is 2. The Morgan fingerprint density at radius 3 is 2.44 bits per heavy atom. The molecule has 0 radical (unpaired) electrons. The summed E-state index contributed by atoms with van der Waals surface area (Å²) in [6.45, 7) is 6.05. The molecule has 1 aromatic heterocycles. The minimum Gasteiger partial charge on any atom is -0.379 e. The van der Waals surface area contributed by atoms with Gasteiger partial charge >= 0.3 is 0 Å². The first-order chi connectivity index (χ1) is 17.5. The van der Waals surface area contributed by atoms with Gasteiger partial charge in [-0.2, -0.15) is 0 Å². The summed E-state index contributed by atoms with van der Waals surface area (Å²) in [6, 6.07) is 19.2. The Hall–Kier alpha value is -3.00. The fourth-order valence-corrected chi connectivity index (χ4v) is 5.72. The lowest BCUT2D eigenvalue weighted by atomic mass is 9.88. The van der Waals surface area contributed by atoms with E-state index in [-0.39, 0.29) is 23.6 Å². The number of aromatic nitrogens is 1. The van der Waals surface area contributed by atoms with Gasteiger partial charge in [0.1, 0.15) is 0 Å². The van der Waals surface area contributed by atoms with Crippen LogP contribution in [-0.2, 0) is 18.3 Å². The highest BCUT2D eigenvalue weighted by Crippen LogP contribution is 2.30. The summed E-state index contributed by atoms with van der Waals surface area (Å²) in [4.78, 5) is 34.0. The van der Waals surface area contributed by atoms with Crippen molar-refractivity contribution in [2.75, 3.05) is 53.0 Å². The molecule has 0 saturated carbocycles. The first-order valence-corrected chi connectivity index (χ1v) is 12.9. The number of para-hydroxylation sites is 1. The van der Waals surface area contributed by atoms with Crippen LogP contribution in [-0.4, -0.2) is 83.7 Å². The van der Waals surface area contributed by atoms with Crippen molar-refractivity contribution in [1.82, 2.24) is 19.3 Å². The molecule has 2 aromatic carbocycles. The standard InChI is InChI=1S/C29H36N4O3/c1-30-14-16-33(17-15-30)29(13-8-18-36-22-29)21-32(28(35)23-9-4-3-5-10-23)20-25-19-24-11-6-7-12-26(24)31(2)27(25)34/h3-7,9-12,19H,8,13-18,20-22H2,1-2H3. The highest BCUT2D eigenvalue weighted by atomic mass is 16.5. The molecule has 1 atom stereocenters. The smallest absolute Gasteiger partial charge is 0.255 e. The summed E-state index contributed by atoms with van der Waals surface area (Å²) in [5, 5.41) is 0.997. The largest absolute Gasteiger partial charge is 0.379 e. The van der Waals surface area contributed by atoms with Crippen molar-refractivity contribution in [2.24, 2.45) is 7.05 Å². The number of likely N-dealkylation sites (N-methyl/N-ethyl adjacent to an activating group) is 1. The van der Waals surface area contributed by atoms with Crippen molar-refractivity contribution < 1.29 is 9.53 Å². The van der Waals surface area contributed by atoms with Gasteiger partial charge in [-0.3, -0.25) is 14.5 Å². The van der Waals surface area contributed by atoms with E-state index in [0.717, 1.165) is 56.5 Å². The van der Waals surface area contributed by atoms with Gasteiger partial charge in [-0.05, 0) is 49.5 Å². The van der Waals surface area contributed by atoms with E-state index in [1.165, 1.54) is 0 Å². The van der Waals surface area contributed by atoms with Gasteiger partial charge in [0.25, 0.3) is 11.5 Å². The lowest BCUT2D eigenvalue weighted by Crippen LogP contribution is -2.64. The third-order valence-corrected chi connectivity index (χ3v) is 7.84. The lowest BCUT2D eigenvalue weighted by molar-refractivity contribution is -0.0753. The molecule has 1 unspecified atom stereocenters. The van der Waals surface area contributed by atoms with E-state index in [1.54, 1.807) is 11.6 Å². The SMILES string of the molecule is CN1CCN(C2(CN(Cc3cc4ccccc4n(C)c3=O)C(=O)c3ccccc3)CCCOC2)CC1. The van der Waals surface area contributed by atoms with Crippen molar-refractivity contribution in [2.45, 2.75) is 24.9 Å². The van der Waals surface area contributed by atoms with E-state index >= 15 is 0 Å². The predicted octanol–water partition coefficient (Wildman–Crippen LogP) is 2.98. The van der Waals surface area contributed by atoms with Crippen LogP contribution in [0.2, 0.25) is 0 Å². The summed E-state index contributed by atoms with van der Waals surface area (Å²) < 4.78 is 7.73. The summed E-state index contributed by atoms with van der Waals surface area (Å²) in [7, 11) is 3.96. The summed E-state index contributed by atoms with van der Waals surface area (Å²) >= 11 is 0. The topological polar surface area (TPSA) is 58.0 Å². The maximum absolute atomic E-state index is 13.9. The molecule has 1 amide bonds. The molecule has 2 saturated heterocycles. The van der Waals surface area contributed by atoms with Gasteiger partial charge in [-0.25, -0.2) is 0 Å². The zero-order valence-corrected chi connectivity index (χ0v) is 21.4. The Bertz CT molecular complexity index is 1260. The zero-order valence-electron chi connectivity index (χ0n) is 21.4. The molecule has 7 nitrogen and oxygen atoms in total. The summed E-state index contributed by atoms with van der Waals surface area (Å²) in [5.74, 6) is -0.0510. The second-order valence-electron chi connectivity index (χ2n) is 10.3. The Kier molecular flexibility index (Phi) is 7.23. The molecular weight excluding hydrogens is 452 g/mol. The summed E-state index contributed by atoms with van der Waals surface area (Å²) in [5.41, 5.74) is 1.84. The summed E-state index contributed by atoms with van der Waals surface area (Å²) in [6.07, 6.45) is 1.95. The number of rotatable bonds is 6. The fourth-order valence-electron chi connectivity index (χ4n) is 5.72. The number of aryl methyl sites for hydroxylation is 1. The molecule has 0 N–H and O–H groups in total. The van der Waals surface area contributed by atoms with Crippen LogP contribution >= 0.6 is 0 Å². The average molecular weight is 489 g/mol. The van der Waals surface area contributed by atoms with Crippen LogP contribution in [0.3, 0.4) is 0 Å². The van der Waals surface area contributed by atoms with E-state index in [0.29, 0.717) is 24.3 Å². The van der Waals surface area contributed by atoms with Gasteiger partial charge in [-0.15, -0.1) is 0 Å². The van der Waals surface area contributed by atoms with E-state index in [9.17, 15) is 9.59 Å². The molecule has 3 aromatic rings. The van der Waals surface area contributed by atoms with Crippen molar-refractivity contribution in [3.63, 3.8) is 0 Å². The van der Waals surface area contributed by atoms with Gasteiger partial charge in [0.15, 0.2) is 0 Å². The number of piperazine rings is 1. The van der Waals surface area contributed by atoms with Gasteiger partial charge in [0.2, 0.25) is 0 Å². The van der Waals surface area contributed by atoms with Crippen LogP contribution < -0.4 is 5.56 Å². The van der Waals surface area contributed by atoms with Crippen LogP contribution in [0, 0.1) is 0 Å². The number of hydrogen-bond acceptors (Lipinski definition) is 5. The number of fused-ring (bicyclic) bond motifs is 1. The number of carbonyl (C=O) groups excluding carboxylic acids is 1. The first-order valence-electron chi connectivity index (χ1n) is 12.9. The number of ether oxygens (including phenoxy) is 1. The molecule has 3 heterocycles. The predicted molar refractivity (Wildman–Crippen MR) is 142 cm³/mol. The van der Waals surface area contributed by atoms with Crippen molar-refractivity contribution >= 4 is 16.8 Å². The quantitative estimate of drug-likeness (QED) is 0.534. The van der Waals surface area contributed by atoms with Crippen LogP contribution in [0.1, 0.15) is 28.8 Å². The number of hydrogen-bond donors (Lipinski definition) is 0. The molecule has 0 aliphatic carbocycles. The molecular formula is C29H36N4O3. The zero-order chi connectivity index (χ0) is 25.1. The molecule has 2 aliphatic rings. The number of carbonyl (C=O) groups is 1. The highest BCUT2D eigenvalue weighted by Gasteiger charge is 2.42. The monoisotopic (exact) mass is 488 g/mol. The number of pyridine rings is 1. The van der Waals surface area contributed by atoms with Crippen LogP contribution in [0.4, 0.5) is 0 Å². The van der Waals surface area contributed by atoms with Crippen molar-refractivity contribution in [3.05, 3.63) is 82.1 Å². The molecule has 7 heteroatoms. The van der Waals surface area contributed by atoms with Crippen LogP contribution in [0.15, 0.2) is 65.5 Å². The van der Waals surface area contributed by atoms with Gasteiger partial charge in [0.05, 0.1) is 24.2 Å². The Morgan fingerprint density at radius 1 is 1.00 bits per heavy atom. The van der Waals surface area contributed by atoms with E-state index in [4.69, 9.17) is 4.74 Å². The van der Waals surface area contributed by atoms with Gasteiger partial charge in [0, 0.05) is 57.5 Å². The molecule has 0 bridgehead atoms.